The number of H-pyrrole nitrogens is 1. The van der Waals surface area contributed by atoms with Gasteiger partial charge in [-0.2, -0.15) is 5.10 Å². The fraction of sp³-hybridized carbons (Fsp3) is 0.800. The van der Waals surface area contributed by atoms with Gasteiger partial charge >= 0.3 is 0 Å². The number of rotatable bonds is 5. The lowest BCUT2D eigenvalue weighted by Crippen LogP contribution is -2.28. The quantitative estimate of drug-likeness (QED) is 0.741. The third-order valence-corrected chi connectivity index (χ3v) is 2.54. The molecule has 0 saturated heterocycles. The Morgan fingerprint density at radius 3 is 3.00 bits per heavy atom. The largest absolute Gasteiger partial charge is 0.314 e. The van der Waals surface area contributed by atoms with Crippen molar-refractivity contribution in [2.24, 2.45) is 0 Å². The highest BCUT2D eigenvalue weighted by atomic mass is 15.2. The van der Waals surface area contributed by atoms with E-state index in [1.54, 1.807) is 0 Å². The predicted octanol–water partition coefficient (Wildman–Crippen LogP) is 1.22. The van der Waals surface area contributed by atoms with Crippen molar-refractivity contribution in [1.29, 1.82) is 0 Å². The van der Waals surface area contributed by atoms with Gasteiger partial charge in [-0.05, 0) is 26.3 Å². The molecule has 1 fully saturated rings. The molecule has 0 aliphatic heterocycles. The first-order valence-electron chi connectivity index (χ1n) is 5.44. The Morgan fingerprint density at radius 1 is 1.57 bits per heavy atom. The molecular weight excluding hydrogens is 176 g/mol. The van der Waals surface area contributed by atoms with Gasteiger partial charge in [0.2, 0.25) is 0 Å². The fourth-order valence-electron chi connectivity index (χ4n) is 1.64. The summed E-state index contributed by atoms with van der Waals surface area (Å²) in [6.07, 6.45) is 3.47. The van der Waals surface area contributed by atoms with Gasteiger partial charge in [0, 0.05) is 18.4 Å². The maximum Gasteiger partial charge on any atom is 0.153 e. The summed E-state index contributed by atoms with van der Waals surface area (Å²) >= 11 is 0. The van der Waals surface area contributed by atoms with E-state index in [1.165, 1.54) is 12.8 Å². The van der Waals surface area contributed by atoms with Crippen LogP contribution in [0.1, 0.15) is 44.3 Å². The van der Waals surface area contributed by atoms with Gasteiger partial charge in [-0.3, -0.25) is 5.10 Å². The van der Waals surface area contributed by atoms with Crippen LogP contribution in [0.4, 0.5) is 0 Å². The van der Waals surface area contributed by atoms with Gasteiger partial charge in [0.1, 0.15) is 5.82 Å². The van der Waals surface area contributed by atoms with E-state index in [0.717, 1.165) is 24.6 Å². The van der Waals surface area contributed by atoms with Crippen molar-refractivity contribution < 1.29 is 0 Å². The molecule has 1 aromatic rings. The molecule has 0 bridgehead atoms. The number of aromatic amines is 1. The van der Waals surface area contributed by atoms with Gasteiger partial charge < -0.3 is 5.32 Å². The maximum atomic E-state index is 4.49. The number of hydrogen-bond acceptors (Lipinski definition) is 3. The zero-order chi connectivity index (χ0) is 9.97. The van der Waals surface area contributed by atoms with Crippen LogP contribution < -0.4 is 5.32 Å². The second-order valence-corrected chi connectivity index (χ2v) is 4.08. The molecule has 1 saturated carbocycles. The summed E-state index contributed by atoms with van der Waals surface area (Å²) in [5.74, 6) is 2.68. The van der Waals surface area contributed by atoms with Gasteiger partial charge in [-0.15, -0.1) is 0 Å². The van der Waals surface area contributed by atoms with Crippen LogP contribution in [0, 0.1) is 0 Å². The Bertz CT molecular complexity index is 290. The minimum atomic E-state index is 0.472. The van der Waals surface area contributed by atoms with Gasteiger partial charge in [-0.1, -0.05) is 6.92 Å². The van der Waals surface area contributed by atoms with E-state index in [4.69, 9.17) is 0 Å². The molecule has 1 atom stereocenters. The molecule has 4 heteroatoms. The first-order valence-corrected chi connectivity index (χ1v) is 5.44. The third-order valence-electron chi connectivity index (χ3n) is 2.54. The van der Waals surface area contributed by atoms with Crippen molar-refractivity contribution in [1.82, 2.24) is 20.5 Å². The van der Waals surface area contributed by atoms with Crippen LogP contribution in [0.25, 0.3) is 0 Å². The molecule has 2 rings (SSSR count). The van der Waals surface area contributed by atoms with Crippen molar-refractivity contribution in [3.8, 4) is 0 Å². The van der Waals surface area contributed by atoms with Crippen LogP contribution >= 0.6 is 0 Å². The predicted molar refractivity (Wildman–Crippen MR) is 55.2 cm³/mol. The lowest BCUT2D eigenvalue weighted by atomic mass is 10.2. The first kappa shape index (κ1) is 9.65. The van der Waals surface area contributed by atoms with E-state index in [2.05, 4.69) is 34.3 Å². The van der Waals surface area contributed by atoms with Gasteiger partial charge in [0.15, 0.2) is 5.82 Å². The second kappa shape index (κ2) is 4.09. The monoisotopic (exact) mass is 194 g/mol. The average molecular weight is 194 g/mol. The van der Waals surface area contributed by atoms with Gasteiger partial charge in [0.25, 0.3) is 0 Å². The van der Waals surface area contributed by atoms with Gasteiger partial charge in [-0.25, -0.2) is 4.98 Å². The van der Waals surface area contributed by atoms with E-state index in [9.17, 15) is 0 Å². The summed E-state index contributed by atoms with van der Waals surface area (Å²) < 4.78 is 0. The molecule has 0 radical (unpaired) electrons. The SMILES string of the molecule is CCNC(C)Cc1nc(C2CC2)n[nH]1. The normalized spacial score (nSPS) is 18.4. The Labute approximate surface area is 84.5 Å². The molecule has 1 aliphatic rings. The van der Waals surface area contributed by atoms with Crippen LogP contribution in [0.5, 0.6) is 0 Å². The summed E-state index contributed by atoms with van der Waals surface area (Å²) in [5, 5.41) is 10.6. The molecule has 0 aromatic carbocycles. The minimum Gasteiger partial charge on any atom is -0.314 e. The van der Waals surface area contributed by atoms with E-state index >= 15 is 0 Å². The van der Waals surface area contributed by atoms with E-state index in [-0.39, 0.29) is 0 Å². The summed E-state index contributed by atoms with van der Waals surface area (Å²) in [5.41, 5.74) is 0. The molecule has 1 aromatic heterocycles. The molecule has 78 valence electrons. The number of nitrogens with zero attached hydrogens (tertiary/aromatic N) is 2. The van der Waals surface area contributed by atoms with Crippen LogP contribution in [0.2, 0.25) is 0 Å². The lowest BCUT2D eigenvalue weighted by Gasteiger charge is -2.08. The van der Waals surface area contributed by atoms with E-state index in [0.29, 0.717) is 12.0 Å². The highest BCUT2D eigenvalue weighted by Crippen LogP contribution is 2.37. The highest BCUT2D eigenvalue weighted by molar-refractivity contribution is 5.05. The number of likely N-dealkylation sites (N-methyl/N-ethyl adjacent to an activating group) is 1. The molecule has 1 aliphatic carbocycles. The van der Waals surface area contributed by atoms with E-state index < -0.39 is 0 Å². The third kappa shape index (κ3) is 2.32. The van der Waals surface area contributed by atoms with Crippen molar-refractivity contribution in [3.63, 3.8) is 0 Å². The standard InChI is InChI=1S/C10H18N4/c1-3-11-7(2)6-9-12-10(14-13-9)8-4-5-8/h7-8,11H,3-6H2,1-2H3,(H,12,13,14). The van der Waals surface area contributed by atoms with Crippen LogP contribution in [-0.2, 0) is 6.42 Å². The number of hydrogen-bond donors (Lipinski definition) is 2. The molecule has 14 heavy (non-hydrogen) atoms. The zero-order valence-electron chi connectivity index (χ0n) is 8.88. The molecule has 0 spiro atoms. The number of aromatic nitrogens is 3. The molecule has 1 heterocycles. The van der Waals surface area contributed by atoms with Crippen molar-refractivity contribution >= 4 is 0 Å². The van der Waals surface area contributed by atoms with Crippen LogP contribution in [-0.4, -0.2) is 27.8 Å². The Kier molecular flexibility index (Phi) is 2.82. The smallest absolute Gasteiger partial charge is 0.153 e. The van der Waals surface area contributed by atoms with Crippen molar-refractivity contribution in [2.45, 2.75) is 45.1 Å². The molecule has 4 nitrogen and oxygen atoms in total. The Balaban J connectivity index is 1.88. The average Bonchev–Trinajstić information content (AvgIpc) is 2.89. The van der Waals surface area contributed by atoms with Crippen molar-refractivity contribution in [2.75, 3.05) is 6.54 Å². The fourth-order valence-corrected chi connectivity index (χ4v) is 1.64. The van der Waals surface area contributed by atoms with Crippen LogP contribution in [0.3, 0.4) is 0 Å². The highest BCUT2D eigenvalue weighted by Gasteiger charge is 2.27. The second-order valence-electron chi connectivity index (χ2n) is 4.08. The summed E-state index contributed by atoms with van der Waals surface area (Å²) in [6.45, 7) is 5.29. The maximum absolute atomic E-state index is 4.49. The first-order chi connectivity index (χ1) is 6.79. The van der Waals surface area contributed by atoms with Gasteiger partial charge in [0.05, 0.1) is 0 Å². The summed E-state index contributed by atoms with van der Waals surface area (Å²) in [7, 11) is 0. The topological polar surface area (TPSA) is 53.6 Å². The number of nitrogens with one attached hydrogen (secondary N) is 2. The lowest BCUT2D eigenvalue weighted by molar-refractivity contribution is 0.553. The Morgan fingerprint density at radius 2 is 2.36 bits per heavy atom. The Hall–Kier alpha value is -0.900. The minimum absolute atomic E-state index is 0.472. The molecular formula is C10H18N4. The van der Waals surface area contributed by atoms with E-state index in [1.807, 2.05) is 0 Å². The summed E-state index contributed by atoms with van der Waals surface area (Å²) in [6, 6.07) is 0.472. The molecule has 1 unspecified atom stereocenters. The summed E-state index contributed by atoms with van der Waals surface area (Å²) in [4.78, 5) is 4.49. The molecule has 2 N–H and O–H groups in total. The van der Waals surface area contributed by atoms with Crippen LogP contribution in [0.15, 0.2) is 0 Å². The zero-order valence-corrected chi connectivity index (χ0v) is 8.88. The van der Waals surface area contributed by atoms with Crippen molar-refractivity contribution in [3.05, 3.63) is 11.6 Å². The molecule has 0 amide bonds.